The second-order valence-corrected chi connectivity index (χ2v) is 14.2. The molecule has 8 rings (SSSR count). The van der Waals surface area contributed by atoms with Gasteiger partial charge in [-0.2, -0.15) is 0 Å². The Hall–Kier alpha value is -4.61. The number of allylic oxidation sites excluding steroid dienone is 1. The van der Waals surface area contributed by atoms with Gasteiger partial charge in [0.15, 0.2) is 5.79 Å². The fraction of sp³-hybridized carbons (Fsp3) is 0.390. The largest absolute Gasteiger partial charge is 0.456 e. The molecule has 0 bridgehead atoms. The number of carbonyl (C=O) groups excluding carboxylic acids is 3. The second-order valence-electron chi connectivity index (χ2n) is 14.2. The Morgan fingerprint density at radius 2 is 1.69 bits per heavy atom. The van der Waals surface area contributed by atoms with Gasteiger partial charge in [-0.1, -0.05) is 60.7 Å². The first-order valence-electron chi connectivity index (χ1n) is 17.9. The predicted molar refractivity (Wildman–Crippen MR) is 187 cm³/mol. The van der Waals surface area contributed by atoms with Crippen LogP contribution in [-0.4, -0.2) is 72.3 Å². The van der Waals surface area contributed by atoms with E-state index in [1.165, 1.54) is 0 Å². The number of nitrogens with one attached hydrogen (secondary N) is 2. The molecule has 1 spiro atoms. The van der Waals surface area contributed by atoms with Crippen molar-refractivity contribution in [3.05, 3.63) is 124 Å². The third kappa shape index (κ3) is 7.41. The lowest BCUT2D eigenvalue weighted by atomic mass is 9.88. The Morgan fingerprint density at radius 1 is 0.882 bits per heavy atom. The van der Waals surface area contributed by atoms with Crippen LogP contribution >= 0.6 is 0 Å². The first-order chi connectivity index (χ1) is 24.8. The Morgan fingerprint density at radius 3 is 2.49 bits per heavy atom. The van der Waals surface area contributed by atoms with Crippen molar-refractivity contribution in [2.75, 3.05) is 13.2 Å². The molecule has 3 N–H and O–H groups in total. The van der Waals surface area contributed by atoms with Gasteiger partial charge >= 0.3 is 5.97 Å². The first-order valence-corrected chi connectivity index (χ1v) is 17.9. The van der Waals surface area contributed by atoms with Crippen LogP contribution in [-0.2, 0) is 43.1 Å². The van der Waals surface area contributed by atoms with E-state index in [4.69, 9.17) is 24.1 Å². The molecule has 3 aromatic carbocycles. The molecule has 3 aliphatic carbocycles. The van der Waals surface area contributed by atoms with Gasteiger partial charge in [0, 0.05) is 43.5 Å². The lowest BCUT2D eigenvalue weighted by Gasteiger charge is -2.30. The molecule has 2 amide bonds. The highest BCUT2D eigenvalue weighted by atomic mass is 16.8. The molecule has 2 aliphatic heterocycles. The number of ether oxygens (including phenoxy) is 4. The molecule has 2 saturated heterocycles. The summed E-state index contributed by atoms with van der Waals surface area (Å²) in [5.41, 5.74) is 5.26. The number of hydrogen-bond donors (Lipinski definition) is 3. The van der Waals surface area contributed by atoms with Gasteiger partial charge in [-0.05, 0) is 77.8 Å². The van der Waals surface area contributed by atoms with E-state index in [2.05, 4.69) is 34.9 Å². The second kappa shape index (κ2) is 14.2. The van der Waals surface area contributed by atoms with E-state index in [9.17, 15) is 14.4 Å². The van der Waals surface area contributed by atoms with Gasteiger partial charge in [-0.25, -0.2) is 4.79 Å². The van der Waals surface area contributed by atoms with Crippen molar-refractivity contribution in [2.45, 2.75) is 81.4 Å². The van der Waals surface area contributed by atoms with Crippen LogP contribution in [0.3, 0.4) is 0 Å². The smallest absolute Gasteiger partial charge is 0.338 e. The van der Waals surface area contributed by atoms with Crippen molar-refractivity contribution in [1.82, 2.24) is 10.6 Å². The summed E-state index contributed by atoms with van der Waals surface area (Å²) in [6.45, 7) is 0.182. The monoisotopic (exact) mass is 690 g/mol. The highest BCUT2D eigenvalue weighted by Gasteiger charge is 2.55. The molecule has 6 atom stereocenters. The summed E-state index contributed by atoms with van der Waals surface area (Å²) >= 11 is 0. The van der Waals surface area contributed by atoms with Crippen molar-refractivity contribution in [3.63, 3.8) is 0 Å². The van der Waals surface area contributed by atoms with Crippen LogP contribution in [0.5, 0.6) is 0 Å². The molecule has 3 aromatic rings. The highest BCUT2D eigenvalue weighted by molar-refractivity contribution is 5.95. The van der Waals surface area contributed by atoms with Gasteiger partial charge in [-0.15, -0.1) is 0 Å². The molecule has 51 heavy (non-hydrogen) atoms. The number of hydrogen-bond acceptors (Lipinski definition) is 8. The van der Waals surface area contributed by atoms with Crippen LogP contribution in [0.2, 0.25) is 0 Å². The summed E-state index contributed by atoms with van der Waals surface area (Å²) < 4.78 is 25.1. The highest BCUT2D eigenvalue weighted by Crippen LogP contribution is 2.45. The number of esters is 1. The lowest BCUT2D eigenvalue weighted by molar-refractivity contribution is -0.172. The third-order valence-corrected chi connectivity index (χ3v) is 10.5. The van der Waals surface area contributed by atoms with E-state index in [0.29, 0.717) is 47.7 Å². The number of rotatable bonds is 10. The number of amides is 2. The standard InChI is InChI=1S/C41H42N2O8/c44-16-15-42-38(45)28-9-4-6-27(18-28)24-43-39(46)32-20-35(37-36(21-32)50-41(51-37)22-30-7-1-2-8-31(30)23-41)49-40(47)29-10-3-5-25(17-29)11-12-26-13-14-33-34(19-26)48-33/h1-12,17-18,21,26,33-37,44H,13-16,19-20,22-24H2,(H,42,45)(H,43,46)/t26?,33?,34?,35-,36-,37+/m1/s1. The predicted octanol–water partition coefficient (Wildman–Crippen LogP) is 4.44. The van der Waals surface area contributed by atoms with E-state index in [-0.39, 0.29) is 37.9 Å². The number of aliphatic hydroxyl groups excluding tert-OH is 1. The molecule has 10 heteroatoms. The van der Waals surface area contributed by atoms with Crippen LogP contribution in [0.15, 0.2) is 90.5 Å². The van der Waals surface area contributed by atoms with Crippen LogP contribution in [0.4, 0.5) is 0 Å². The van der Waals surface area contributed by atoms with Crippen molar-refractivity contribution in [3.8, 4) is 0 Å². The molecule has 3 fully saturated rings. The molecular formula is C41H42N2O8. The summed E-state index contributed by atoms with van der Waals surface area (Å²) in [7, 11) is 0. The molecule has 0 radical (unpaired) electrons. The maximum Gasteiger partial charge on any atom is 0.338 e. The van der Waals surface area contributed by atoms with Gasteiger partial charge in [0.2, 0.25) is 5.91 Å². The number of epoxide rings is 1. The number of benzene rings is 3. The van der Waals surface area contributed by atoms with Crippen molar-refractivity contribution < 1.29 is 38.4 Å². The van der Waals surface area contributed by atoms with Gasteiger partial charge in [-0.3, -0.25) is 9.59 Å². The number of carbonyl (C=O) groups is 3. The molecule has 10 nitrogen and oxygen atoms in total. The zero-order valence-corrected chi connectivity index (χ0v) is 28.3. The maximum atomic E-state index is 13.7. The Kier molecular flexibility index (Phi) is 9.33. The van der Waals surface area contributed by atoms with E-state index in [1.807, 2.05) is 36.4 Å². The zero-order valence-electron chi connectivity index (χ0n) is 28.3. The summed E-state index contributed by atoms with van der Waals surface area (Å²) in [5, 5.41) is 14.6. The molecule has 1 saturated carbocycles. The molecule has 3 unspecified atom stereocenters. The van der Waals surface area contributed by atoms with Crippen molar-refractivity contribution >= 4 is 23.9 Å². The number of aliphatic hydroxyl groups is 1. The van der Waals surface area contributed by atoms with Crippen LogP contribution in [0.25, 0.3) is 6.08 Å². The SMILES string of the molecule is O=C(NCc1cccc(C(=O)NCCO)c1)C1=C[C@H]2OC3(Cc4ccccc4C3)O[C@H]2[C@H](OC(=O)c2cccc(C=CC3CCC4OC4C3)c2)C1. The van der Waals surface area contributed by atoms with Gasteiger partial charge < -0.3 is 34.7 Å². The summed E-state index contributed by atoms with van der Waals surface area (Å²) in [6.07, 6.45) is 9.53. The van der Waals surface area contributed by atoms with Crippen LogP contribution in [0, 0.1) is 5.92 Å². The molecule has 5 aliphatic rings. The van der Waals surface area contributed by atoms with Crippen LogP contribution < -0.4 is 10.6 Å². The third-order valence-electron chi connectivity index (χ3n) is 10.5. The van der Waals surface area contributed by atoms with E-state index in [0.717, 1.165) is 41.5 Å². The van der Waals surface area contributed by atoms with Gasteiger partial charge in [0.25, 0.3) is 5.91 Å². The Bertz CT molecular complexity index is 1860. The van der Waals surface area contributed by atoms with Gasteiger partial charge in [0.1, 0.15) is 18.3 Å². The molecule has 0 aromatic heterocycles. The zero-order chi connectivity index (χ0) is 35.0. The Labute approximate surface area is 296 Å². The van der Waals surface area contributed by atoms with E-state index >= 15 is 0 Å². The molecule has 2 heterocycles. The average Bonchev–Trinajstić information content (AvgIpc) is 3.71. The van der Waals surface area contributed by atoms with Crippen molar-refractivity contribution in [2.24, 2.45) is 5.92 Å². The fourth-order valence-electron chi connectivity index (χ4n) is 7.88. The molecular weight excluding hydrogens is 648 g/mol. The van der Waals surface area contributed by atoms with Gasteiger partial charge in [0.05, 0.1) is 24.4 Å². The maximum absolute atomic E-state index is 13.7. The van der Waals surface area contributed by atoms with E-state index in [1.54, 1.807) is 30.3 Å². The average molecular weight is 691 g/mol. The summed E-state index contributed by atoms with van der Waals surface area (Å²) in [6, 6.07) is 22.5. The van der Waals surface area contributed by atoms with Crippen LogP contribution in [0.1, 0.15) is 68.7 Å². The quantitative estimate of drug-likeness (QED) is 0.210. The fourth-order valence-corrected chi connectivity index (χ4v) is 7.88. The lowest BCUT2D eigenvalue weighted by Crippen LogP contribution is -2.43. The summed E-state index contributed by atoms with van der Waals surface area (Å²) in [4.78, 5) is 39.7. The summed E-state index contributed by atoms with van der Waals surface area (Å²) in [5.74, 6) is -1.55. The van der Waals surface area contributed by atoms with E-state index < -0.39 is 30.1 Å². The minimum atomic E-state index is -0.904. The normalized spacial score (nSPS) is 26.9. The first kappa shape index (κ1) is 33.5. The Balaban J connectivity index is 0.976. The molecule has 264 valence electrons. The minimum absolute atomic E-state index is 0.153. The topological polar surface area (TPSA) is 136 Å². The number of fused-ring (bicyclic) bond motifs is 3. The van der Waals surface area contributed by atoms with Crippen molar-refractivity contribution in [1.29, 1.82) is 0 Å². The minimum Gasteiger partial charge on any atom is -0.456 e.